The summed E-state index contributed by atoms with van der Waals surface area (Å²) in [7, 11) is 2.26. The van der Waals surface area contributed by atoms with Crippen molar-refractivity contribution < 1.29 is 0 Å². The van der Waals surface area contributed by atoms with Crippen LogP contribution in [0.25, 0.3) is 0 Å². The second kappa shape index (κ2) is 5.50. The van der Waals surface area contributed by atoms with Crippen LogP contribution in [0.4, 0.5) is 0 Å². The highest BCUT2D eigenvalue weighted by molar-refractivity contribution is 4.86. The summed E-state index contributed by atoms with van der Waals surface area (Å²) in [5.41, 5.74) is 0. The lowest BCUT2D eigenvalue weighted by Crippen LogP contribution is -2.41. The van der Waals surface area contributed by atoms with E-state index in [1.807, 2.05) is 0 Å². The quantitative estimate of drug-likeness (QED) is 0.791. The molecule has 1 aliphatic carbocycles. The first-order valence-corrected chi connectivity index (χ1v) is 7.08. The van der Waals surface area contributed by atoms with E-state index in [0.717, 1.165) is 23.8 Å². The smallest absolute Gasteiger partial charge is 0.00954 e. The Morgan fingerprint density at radius 3 is 2.62 bits per heavy atom. The maximum atomic E-state index is 3.83. The highest BCUT2D eigenvalue weighted by Gasteiger charge is 2.29. The molecule has 0 spiro atoms. The first-order chi connectivity index (χ1) is 7.66. The van der Waals surface area contributed by atoms with E-state index in [-0.39, 0.29) is 0 Å². The summed E-state index contributed by atoms with van der Waals surface area (Å²) in [6, 6.07) is 0.794. The molecule has 0 radical (unpaired) electrons. The minimum absolute atomic E-state index is 0.794. The van der Waals surface area contributed by atoms with Crippen LogP contribution in [0.3, 0.4) is 0 Å². The van der Waals surface area contributed by atoms with E-state index in [1.165, 1.54) is 45.3 Å². The summed E-state index contributed by atoms with van der Waals surface area (Å²) in [5.74, 6) is 2.69. The average molecular weight is 224 g/mol. The number of nitrogens with zero attached hydrogens (tertiary/aromatic N) is 1. The first kappa shape index (κ1) is 12.4. The molecule has 1 heterocycles. The molecule has 2 nitrogen and oxygen atoms in total. The van der Waals surface area contributed by atoms with Gasteiger partial charge in [0.2, 0.25) is 0 Å². The zero-order chi connectivity index (χ0) is 11.5. The summed E-state index contributed by atoms with van der Waals surface area (Å²) >= 11 is 0. The molecule has 16 heavy (non-hydrogen) atoms. The van der Waals surface area contributed by atoms with Crippen LogP contribution < -0.4 is 5.32 Å². The van der Waals surface area contributed by atoms with Crippen molar-refractivity contribution in [2.75, 3.05) is 26.7 Å². The van der Waals surface area contributed by atoms with E-state index < -0.39 is 0 Å². The van der Waals surface area contributed by atoms with Crippen LogP contribution >= 0.6 is 0 Å². The van der Waals surface area contributed by atoms with Gasteiger partial charge in [0.1, 0.15) is 0 Å². The Kier molecular flexibility index (Phi) is 4.26. The van der Waals surface area contributed by atoms with Gasteiger partial charge in [-0.05, 0) is 63.6 Å². The molecule has 0 aromatic carbocycles. The van der Waals surface area contributed by atoms with Gasteiger partial charge in [-0.15, -0.1) is 0 Å². The van der Waals surface area contributed by atoms with Crippen LogP contribution in [0.5, 0.6) is 0 Å². The first-order valence-electron chi connectivity index (χ1n) is 7.08. The van der Waals surface area contributed by atoms with Gasteiger partial charge in [-0.1, -0.05) is 13.8 Å². The number of likely N-dealkylation sites (tertiary alicyclic amines) is 1. The molecular weight excluding hydrogens is 196 g/mol. The van der Waals surface area contributed by atoms with Crippen molar-refractivity contribution in [3.05, 3.63) is 0 Å². The Balaban J connectivity index is 1.71. The largest absolute Gasteiger partial charge is 0.313 e. The molecule has 4 atom stereocenters. The predicted molar refractivity (Wildman–Crippen MR) is 69.6 cm³/mol. The van der Waals surface area contributed by atoms with E-state index in [1.54, 1.807) is 0 Å². The van der Waals surface area contributed by atoms with E-state index in [0.29, 0.717) is 0 Å². The molecule has 2 rings (SSSR count). The van der Waals surface area contributed by atoms with Gasteiger partial charge < -0.3 is 10.2 Å². The fourth-order valence-electron chi connectivity index (χ4n) is 3.41. The molecule has 4 unspecified atom stereocenters. The lowest BCUT2D eigenvalue weighted by atomic mass is 9.95. The molecule has 2 fully saturated rings. The molecule has 1 saturated carbocycles. The Hall–Kier alpha value is -0.0800. The summed E-state index contributed by atoms with van der Waals surface area (Å²) in [4.78, 5) is 2.48. The Morgan fingerprint density at radius 1 is 1.19 bits per heavy atom. The van der Waals surface area contributed by atoms with Gasteiger partial charge in [0.05, 0.1) is 0 Å². The van der Waals surface area contributed by atoms with Crippen molar-refractivity contribution in [2.45, 2.75) is 45.6 Å². The van der Waals surface area contributed by atoms with Gasteiger partial charge in [0.25, 0.3) is 0 Å². The second-order valence-corrected chi connectivity index (χ2v) is 6.20. The minimum Gasteiger partial charge on any atom is -0.313 e. The van der Waals surface area contributed by atoms with Crippen LogP contribution in [-0.4, -0.2) is 37.6 Å². The van der Waals surface area contributed by atoms with E-state index >= 15 is 0 Å². The maximum absolute atomic E-state index is 3.83. The van der Waals surface area contributed by atoms with E-state index in [4.69, 9.17) is 0 Å². The Labute approximate surface area is 101 Å². The lowest BCUT2D eigenvalue weighted by Gasteiger charge is -2.31. The van der Waals surface area contributed by atoms with Gasteiger partial charge in [0, 0.05) is 12.6 Å². The monoisotopic (exact) mass is 224 g/mol. The van der Waals surface area contributed by atoms with Crippen molar-refractivity contribution >= 4 is 0 Å². The average Bonchev–Trinajstić information content (AvgIpc) is 2.57. The maximum Gasteiger partial charge on any atom is 0.00954 e. The van der Waals surface area contributed by atoms with Crippen LogP contribution in [0.15, 0.2) is 0 Å². The second-order valence-electron chi connectivity index (χ2n) is 6.20. The number of piperidine rings is 1. The fraction of sp³-hybridized carbons (Fsp3) is 1.00. The molecule has 1 N–H and O–H groups in total. The topological polar surface area (TPSA) is 15.3 Å². The Bertz CT molecular complexity index is 217. The van der Waals surface area contributed by atoms with Crippen molar-refractivity contribution in [2.24, 2.45) is 17.8 Å². The van der Waals surface area contributed by atoms with Crippen molar-refractivity contribution in [3.8, 4) is 0 Å². The molecule has 0 amide bonds. The van der Waals surface area contributed by atoms with Crippen molar-refractivity contribution in [1.82, 2.24) is 10.2 Å². The van der Waals surface area contributed by atoms with Crippen LogP contribution in [0.2, 0.25) is 0 Å². The lowest BCUT2D eigenvalue weighted by molar-refractivity contribution is 0.199. The van der Waals surface area contributed by atoms with Crippen molar-refractivity contribution in [1.29, 1.82) is 0 Å². The predicted octanol–water partition coefficient (Wildman–Crippen LogP) is 2.35. The molecule has 0 aromatic rings. The van der Waals surface area contributed by atoms with Crippen LogP contribution in [-0.2, 0) is 0 Å². The Morgan fingerprint density at radius 2 is 2.00 bits per heavy atom. The number of nitrogens with one attached hydrogen (secondary N) is 1. The summed E-state index contributed by atoms with van der Waals surface area (Å²) in [6.45, 7) is 8.66. The third kappa shape index (κ3) is 2.98. The standard InChI is InChI=1S/C14H28N2/c1-11-6-7-14(12(11)2)15-9-13-5-4-8-16(3)10-13/h11-15H,4-10H2,1-3H3. The molecule has 0 bridgehead atoms. The molecule has 94 valence electrons. The highest BCUT2D eigenvalue weighted by Crippen LogP contribution is 2.31. The molecule has 2 heteroatoms. The number of rotatable bonds is 3. The number of hydrogen-bond donors (Lipinski definition) is 1. The third-order valence-corrected chi connectivity index (χ3v) is 4.86. The molecule has 2 aliphatic rings. The third-order valence-electron chi connectivity index (χ3n) is 4.86. The van der Waals surface area contributed by atoms with Gasteiger partial charge in [0.15, 0.2) is 0 Å². The molecule has 1 saturated heterocycles. The zero-order valence-electron chi connectivity index (χ0n) is 11.2. The van der Waals surface area contributed by atoms with Crippen LogP contribution in [0, 0.1) is 17.8 Å². The summed E-state index contributed by atoms with van der Waals surface area (Å²) in [6.07, 6.45) is 5.63. The molecule has 0 aromatic heterocycles. The highest BCUT2D eigenvalue weighted by atomic mass is 15.1. The normalized spacial score (nSPS) is 41.4. The fourth-order valence-corrected chi connectivity index (χ4v) is 3.41. The van der Waals surface area contributed by atoms with E-state index in [2.05, 4.69) is 31.1 Å². The SMILES string of the molecule is CC1CCC(NCC2CCCN(C)C2)C1C. The van der Waals surface area contributed by atoms with Gasteiger partial charge in [-0.3, -0.25) is 0 Å². The summed E-state index contributed by atoms with van der Waals surface area (Å²) in [5, 5.41) is 3.83. The minimum atomic E-state index is 0.794. The molecular formula is C14H28N2. The zero-order valence-corrected chi connectivity index (χ0v) is 11.2. The van der Waals surface area contributed by atoms with Gasteiger partial charge in [-0.2, -0.15) is 0 Å². The van der Waals surface area contributed by atoms with Gasteiger partial charge in [-0.25, -0.2) is 0 Å². The van der Waals surface area contributed by atoms with Crippen molar-refractivity contribution in [3.63, 3.8) is 0 Å². The number of hydrogen-bond acceptors (Lipinski definition) is 2. The summed E-state index contributed by atoms with van der Waals surface area (Å²) < 4.78 is 0. The molecule has 1 aliphatic heterocycles. The van der Waals surface area contributed by atoms with E-state index in [9.17, 15) is 0 Å². The van der Waals surface area contributed by atoms with Crippen LogP contribution in [0.1, 0.15) is 39.5 Å². The van der Waals surface area contributed by atoms with Gasteiger partial charge >= 0.3 is 0 Å².